The van der Waals surface area contributed by atoms with Gasteiger partial charge in [-0.25, -0.2) is 13.2 Å². The number of hydrogen-bond donors (Lipinski definition) is 0. The standard InChI is InChI=1S/C17H22N2O6S/c1-24-17(21)13-5-2-3-7-15(13)26(22,23)19-10-8-18(9-11-19)16(20)14-6-4-12-25-14/h2-3,5,7,14H,4,6,8-12H2,1H3. The third kappa shape index (κ3) is 3.60. The highest BCUT2D eigenvalue weighted by Gasteiger charge is 2.35. The van der Waals surface area contributed by atoms with E-state index in [-0.39, 0.29) is 29.5 Å². The van der Waals surface area contributed by atoms with E-state index < -0.39 is 22.1 Å². The summed E-state index contributed by atoms with van der Waals surface area (Å²) in [7, 11) is -2.64. The molecule has 1 atom stereocenters. The number of carbonyl (C=O) groups is 2. The maximum absolute atomic E-state index is 13.0. The number of piperazine rings is 1. The van der Waals surface area contributed by atoms with Gasteiger partial charge in [0.2, 0.25) is 10.0 Å². The van der Waals surface area contributed by atoms with Crippen molar-refractivity contribution in [1.29, 1.82) is 0 Å². The summed E-state index contributed by atoms with van der Waals surface area (Å²) in [5.74, 6) is -0.772. The predicted octanol–water partition coefficient (Wildman–Crippen LogP) is 0.485. The Kier molecular flexibility index (Phi) is 5.59. The summed E-state index contributed by atoms with van der Waals surface area (Å²) in [6, 6.07) is 5.97. The van der Waals surface area contributed by atoms with Gasteiger partial charge < -0.3 is 14.4 Å². The lowest BCUT2D eigenvalue weighted by Crippen LogP contribution is -2.52. The molecule has 0 radical (unpaired) electrons. The lowest BCUT2D eigenvalue weighted by molar-refractivity contribution is -0.142. The largest absolute Gasteiger partial charge is 0.465 e. The molecule has 8 nitrogen and oxygen atoms in total. The number of nitrogens with zero attached hydrogens (tertiary/aromatic N) is 2. The monoisotopic (exact) mass is 382 g/mol. The molecule has 0 aliphatic carbocycles. The summed E-state index contributed by atoms with van der Waals surface area (Å²) in [5.41, 5.74) is 0.00728. The smallest absolute Gasteiger partial charge is 0.339 e. The van der Waals surface area contributed by atoms with Crippen molar-refractivity contribution in [2.75, 3.05) is 39.9 Å². The second-order valence-electron chi connectivity index (χ2n) is 6.22. The normalized spacial score (nSPS) is 21.6. The van der Waals surface area contributed by atoms with E-state index in [1.165, 1.54) is 23.5 Å². The zero-order valence-corrected chi connectivity index (χ0v) is 15.4. The molecule has 1 amide bonds. The average Bonchev–Trinajstić information content (AvgIpc) is 3.21. The third-order valence-electron chi connectivity index (χ3n) is 4.67. The van der Waals surface area contributed by atoms with Crippen molar-refractivity contribution in [3.05, 3.63) is 29.8 Å². The molecule has 0 aromatic heterocycles. The molecule has 142 valence electrons. The number of esters is 1. The highest BCUT2D eigenvalue weighted by Crippen LogP contribution is 2.23. The third-order valence-corrected chi connectivity index (χ3v) is 6.62. The van der Waals surface area contributed by atoms with E-state index in [9.17, 15) is 18.0 Å². The summed E-state index contributed by atoms with van der Waals surface area (Å²) in [6.07, 6.45) is 1.18. The molecule has 0 N–H and O–H groups in total. The van der Waals surface area contributed by atoms with Gasteiger partial charge in [0, 0.05) is 32.8 Å². The van der Waals surface area contributed by atoms with Crippen LogP contribution in [0.15, 0.2) is 29.2 Å². The van der Waals surface area contributed by atoms with Gasteiger partial charge in [-0.1, -0.05) is 12.1 Å². The first-order valence-corrected chi connectivity index (χ1v) is 9.97. The molecule has 2 heterocycles. The maximum Gasteiger partial charge on any atom is 0.339 e. The van der Waals surface area contributed by atoms with Crippen LogP contribution in [0.2, 0.25) is 0 Å². The Balaban J connectivity index is 1.72. The molecule has 9 heteroatoms. The molecule has 0 bridgehead atoms. The summed E-state index contributed by atoms with van der Waals surface area (Å²) in [4.78, 5) is 25.8. The van der Waals surface area contributed by atoms with Crippen LogP contribution >= 0.6 is 0 Å². The minimum absolute atomic E-state index is 0.00728. The van der Waals surface area contributed by atoms with Crippen molar-refractivity contribution in [2.24, 2.45) is 0 Å². The van der Waals surface area contributed by atoms with Crippen LogP contribution in [0.25, 0.3) is 0 Å². The minimum atomic E-state index is -3.85. The van der Waals surface area contributed by atoms with Crippen LogP contribution in [-0.2, 0) is 24.3 Å². The minimum Gasteiger partial charge on any atom is -0.465 e. The van der Waals surface area contributed by atoms with E-state index in [1.807, 2.05) is 0 Å². The summed E-state index contributed by atoms with van der Waals surface area (Å²) in [6.45, 7) is 1.55. The molecule has 1 aromatic rings. The van der Waals surface area contributed by atoms with Crippen molar-refractivity contribution in [2.45, 2.75) is 23.8 Å². The van der Waals surface area contributed by atoms with E-state index in [0.717, 1.165) is 6.42 Å². The van der Waals surface area contributed by atoms with E-state index in [2.05, 4.69) is 4.74 Å². The molecular formula is C17H22N2O6S. The molecule has 2 saturated heterocycles. The second kappa shape index (κ2) is 7.73. The lowest BCUT2D eigenvalue weighted by Gasteiger charge is -2.35. The first kappa shape index (κ1) is 18.8. The van der Waals surface area contributed by atoms with Crippen LogP contribution in [0, 0.1) is 0 Å². The molecule has 3 rings (SSSR count). The predicted molar refractivity (Wildman–Crippen MR) is 92.1 cm³/mol. The van der Waals surface area contributed by atoms with Crippen molar-refractivity contribution in [3.63, 3.8) is 0 Å². The quantitative estimate of drug-likeness (QED) is 0.704. The molecular weight excluding hydrogens is 360 g/mol. The van der Waals surface area contributed by atoms with Gasteiger partial charge in [-0.05, 0) is 25.0 Å². The Bertz CT molecular complexity index is 780. The van der Waals surface area contributed by atoms with Gasteiger partial charge in [-0.2, -0.15) is 4.31 Å². The number of methoxy groups -OCH3 is 1. The number of sulfonamides is 1. The zero-order chi connectivity index (χ0) is 18.7. The van der Waals surface area contributed by atoms with Crippen molar-refractivity contribution in [1.82, 2.24) is 9.21 Å². The van der Waals surface area contributed by atoms with E-state index in [1.54, 1.807) is 17.0 Å². The van der Waals surface area contributed by atoms with Crippen LogP contribution in [0.5, 0.6) is 0 Å². The van der Waals surface area contributed by atoms with Gasteiger partial charge in [0.25, 0.3) is 5.91 Å². The molecule has 0 spiro atoms. The first-order chi connectivity index (χ1) is 12.4. The molecule has 0 saturated carbocycles. The Labute approximate surface area is 152 Å². The van der Waals surface area contributed by atoms with Crippen LogP contribution in [-0.4, -0.2) is 75.5 Å². The summed E-state index contributed by atoms with van der Waals surface area (Å²) < 4.78 is 37.3. The van der Waals surface area contributed by atoms with Gasteiger partial charge in [-0.3, -0.25) is 4.79 Å². The second-order valence-corrected chi connectivity index (χ2v) is 8.13. The number of hydrogen-bond acceptors (Lipinski definition) is 6. The number of rotatable bonds is 4. The fourth-order valence-corrected chi connectivity index (χ4v) is 4.84. The molecule has 1 unspecified atom stereocenters. The first-order valence-electron chi connectivity index (χ1n) is 8.53. The maximum atomic E-state index is 13.0. The van der Waals surface area contributed by atoms with Crippen LogP contribution in [0.4, 0.5) is 0 Å². The molecule has 2 fully saturated rings. The Morgan fingerprint density at radius 1 is 1.15 bits per heavy atom. The van der Waals surface area contributed by atoms with Crippen LogP contribution in [0.3, 0.4) is 0 Å². The Hall–Kier alpha value is -1.97. The Morgan fingerprint density at radius 3 is 2.46 bits per heavy atom. The fourth-order valence-electron chi connectivity index (χ4n) is 3.23. The van der Waals surface area contributed by atoms with Gasteiger partial charge in [-0.15, -0.1) is 0 Å². The highest BCUT2D eigenvalue weighted by atomic mass is 32.2. The number of ether oxygens (including phenoxy) is 2. The van der Waals surface area contributed by atoms with E-state index in [0.29, 0.717) is 26.1 Å². The van der Waals surface area contributed by atoms with E-state index >= 15 is 0 Å². The number of carbonyl (C=O) groups excluding carboxylic acids is 2. The SMILES string of the molecule is COC(=O)c1ccccc1S(=O)(=O)N1CCN(C(=O)C2CCCO2)CC1. The highest BCUT2D eigenvalue weighted by molar-refractivity contribution is 7.89. The van der Waals surface area contributed by atoms with E-state index in [4.69, 9.17) is 4.74 Å². The number of benzene rings is 1. The van der Waals surface area contributed by atoms with Crippen molar-refractivity contribution in [3.8, 4) is 0 Å². The lowest BCUT2D eigenvalue weighted by atomic mass is 10.2. The fraction of sp³-hybridized carbons (Fsp3) is 0.529. The van der Waals surface area contributed by atoms with Gasteiger partial charge in [0.1, 0.15) is 6.10 Å². The molecule has 1 aromatic carbocycles. The summed E-state index contributed by atoms with van der Waals surface area (Å²) in [5, 5.41) is 0. The van der Waals surface area contributed by atoms with Crippen molar-refractivity contribution >= 4 is 21.9 Å². The number of amides is 1. The average molecular weight is 382 g/mol. The summed E-state index contributed by atoms with van der Waals surface area (Å²) >= 11 is 0. The molecule has 2 aliphatic rings. The molecule has 26 heavy (non-hydrogen) atoms. The van der Waals surface area contributed by atoms with Gasteiger partial charge >= 0.3 is 5.97 Å². The topological polar surface area (TPSA) is 93.2 Å². The van der Waals surface area contributed by atoms with Gasteiger partial charge in [0.05, 0.1) is 17.6 Å². The van der Waals surface area contributed by atoms with Crippen molar-refractivity contribution < 1.29 is 27.5 Å². The van der Waals surface area contributed by atoms with Crippen LogP contribution < -0.4 is 0 Å². The van der Waals surface area contributed by atoms with Gasteiger partial charge in [0.15, 0.2) is 0 Å². The Morgan fingerprint density at radius 2 is 1.85 bits per heavy atom. The van der Waals surface area contributed by atoms with Crippen LogP contribution in [0.1, 0.15) is 23.2 Å². The molecule has 2 aliphatic heterocycles. The zero-order valence-electron chi connectivity index (χ0n) is 14.6.